The molecule has 0 spiro atoms. The van der Waals surface area contributed by atoms with Gasteiger partial charge in [0, 0.05) is 59.5 Å². The molecule has 1 unspecified atom stereocenters. The number of ketones is 1. The number of fused-ring (bicyclic) bond motifs is 2. The molecule has 0 radical (unpaired) electrons. The van der Waals surface area contributed by atoms with Crippen molar-refractivity contribution < 1.29 is 14.3 Å². The van der Waals surface area contributed by atoms with Gasteiger partial charge in [-0.15, -0.1) is 11.8 Å². The van der Waals surface area contributed by atoms with Crippen LogP contribution in [-0.2, 0) is 19.4 Å². The average molecular weight is 482 g/mol. The van der Waals surface area contributed by atoms with E-state index in [1.807, 2.05) is 84.7 Å². The number of carbonyl (C=O) groups excluding carboxylic acids is 1. The number of nitrogens with zero attached hydrogens (tertiary/aromatic N) is 3. The Morgan fingerprint density at radius 1 is 1.11 bits per heavy atom. The minimum atomic E-state index is -0.00945. The lowest BCUT2D eigenvalue weighted by Crippen LogP contribution is -2.25. The van der Waals surface area contributed by atoms with Crippen LogP contribution in [0.2, 0.25) is 0 Å². The normalized spacial score (nSPS) is 14.8. The first kappa shape index (κ1) is 21.6. The van der Waals surface area contributed by atoms with Gasteiger partial charge in [-0.25, -0.2) is 0 Å². The molecule has 6 rings (SSSR count). The van der Waals surface area contributed by atoms with Crippen LogP contribution in [-0.4, -0.2) is 14.9 Å². The van der Waals surface area contributed by atoms with Crippen LogP contribution in [0.4, 0.5) is 0 Å². The largest absolute Gasteiger partial charge is 0.619 e. The molecule has 0 saturated carbocycles. The fourth-order valence-corrected chi connectivity index (χ4v) is 6.00. The number of ether oxygens (including phenoxy) is 1. The maximum absolute atomic E-state index is 13.7. The molecule has 0 aliphatic carbocycles. The van der Waals surface area contributed by atoms with Crippen molar-refractivity contribution in [1.29, 1.82) is 0 Å². The molecule has 174 valence electrons. The summed E-state index contributed by atoms with van der Waals surface area (Å²) in [6.07, 6.45) is 6.93. The number of thioether (sulfide) groups is 1. The van der Waals surface area contributed by atoms with Gasteiger partial charge < -0.3 is 19.1 Å². The zero-order valence-corrected chi connectivity index (χ0v) is 19.9. The molecular formula is C28H23N3O3S. The van der Waals surface area contributed by atoms with Gasteiger partial charge in [-0.3, -0.25) is 4.79 Å². The van der Waals surface area contributed by atoms with Crippen molar-refractivity contribution in [3.05, 3.63) is 125 Å². The molecule has 7 heteroatoms. The van der Waals surface area contributed by atoms with Gasteiger partial charge in [0.1, 0.15) is 17.7 Å². The van der Waals surface area contributed by atoms with Crippen molar-refractivity contribution in [2.24, 2.45) is 7.05 Å². The number of hydrogen-bond acceptors (Lipinski definition) is 4. The predicted octanol–water partition coefficient (Wildman–Crippen LogP) is 5.22. The highest BCUT2D eigenvalue weighted by Gasteiger charge is 2.30. The van der Waals surface area contributed by atoms with E-state index in [4.69, 9.17) is 4.74 Å². The smallest absolute Gasteiger partial charge is 0.197 e. The summed E-state index contributed by atoms with van der Waals surface area (Å²) in [6.45, 7) is 0.492. The van der Waals surface area contributed by atoms with Gasteiger partial charge in [0.05, 0.1) is 11.1 Å². The highest BCUT2D eigenvalue weighted by molar-refractivity contribution is 7.99. The van der Waals surface area contributed by atoms with Gasteiger partial charge in [0.2, 0.25) is 0 Å². The molecule has 6 nitrogen and oxygen atoms in total. The molecule has 0 saturated heterocycles. The van der Waals surface area contributed by atoms with Crippen LogP contribution in [0, 0.1) is 5.21 Å². The lowest BCUT2D eigenvalue weighted by Gasteiger charge is -2.11. The van der Waals surface area contributed by atoms with Crippen LogP contribution in [0.5, 0.6) is 5.75 Å². The molecule has 0 N–H and O–H groups in total. The molecule has 3 aromatic heterocycles. The van der Waals surface area contributed by atoms with E-state index in [9.17, 15) is 10.0 Å². The van der Waals surface area contributed by atoms with Crippen LogP contribution in [0.1, 0.15) is 38.1 Å². The highest BCUT2D eigenvalue weighted by atomic mass is 32.2. The third-order valence-electron chi connectivity index (χ3n) is 6.44. The minimum Gasteiger partial charge on any atom is -0.619 e. The zero-order valence-electron chi connectivity index (χ0n) is 19.1. The van der Waals surface area contributed by atoms with E-state index < -0.39 is 0 Å². The molecule has 5 aromatic rings. The summed E-state index contributed by atoms with van der Waals surface area (Å²) in [5.41, 5.74) is 5.36. The van der Waals surface area contributed by atoms with Crippen LogP contribution in [0.3, 0.4) is 0 Å². The topological polar surface area (TPSA) is 63.1 Å². The van der Waals surface area contributed by atoms with Crippen molar-refractivity contribution in [3.8, 4) is 5.75 Å². The van der Waals surface area contributed by atoms with E-state index in [2.05, 4.69) is 4.57 Å². The van der Waals surface area contributed by atoms with Crippen LogP contribution >= 0.6 is 11.8 Å². The van der Waals surface area contributed by atoms with E-state index in [1.54, 1.807) is 24.0 Å². The Bertz CT molecular complexity index is 1550. The van der Waals surface area contributed by atoms with E-state index in [0.717, 1.165) is 38.2 Å². The molecule has 35 heavy (non-hydrogen) atoms. The van der Waals surface area contributed by atoms with E-state index in [-0.39, 0.29) is 11.2 Å². The number of hydrogen-bond donors (Lipinski definition) is 0. The number of benzene rings is 2. The molecule has 0 bridgehead atoms. The van der Waals surface area contributed by atoms with Crippen molar-refractivity contribution in [2.45, 2.75) is 17.7 Å². The van der Waals surface area contributed by atoms with Crippen molar-refractivity contribution in [2.75, 3.05) is 0 Å². The van der Waals surface area contributed by atoms with Crippen LogP contribution in [0.25, 0.3) is 10.9 Å². The Balaban J connectivity index is 1.29. The molecule has 0 fully saturated rings. The van der Waals surface area contributed by atoms with Gasteiger partial charge in [-0.1, -0.05) is 30.3 Å². The molecule has 1 aliphatic rings. The first-order chi connectivity index (χ1) is 17.1. The first-order valence-corrected chi connectivity index (χ1v) is 12.4. The van der Waals surface area contributed by atoms with E-state index >= 15 is 0 Å². The predicted molar refractivity (Wildman–Crippen MR) is 136 cm³/mol. The summed E-state index contributed by atoms with van der Waals surface area (Å²) < 4.78 is 10.9. The number of rotatable bonds is 6. The van der Waals surface area contributed by atoms with Crippen molar-refractivity contribution in [1.82, 2.24) is 9.13 Å². The lowest BCUT2D eigenvalue weighted by atomic mass is 10.0. The van der Waals surface area contributed by atoms with Gasteiger partial charge >= 0.3 is 0 Å². The third kappa shape index (κ3) is 3.88. The lowest BCUT2D eigenvalue weighted by molar-refractivity contribution is -0.605. The Kier molecular flexibility index (Phi) is 5.34. The quantitative estimate of drug-likeness (QED) is 0.190. The Morgan fingerprint density at radius 3 is 2.80 bits per heavy atom. The number of aryl methyl sites for hydroxylation is 1. The van der Waals surface area contributed by atoms with Gasteiger partial charge in [-0.05, 0) is 29.8 Å². The van der Waals surface area contributed by atoms with Gasteiger partial charge in [0.15, 0.2) is 18.2 Å². The number of carbonyl (C=O) groups is 1. The SMILES string of the molecule is Cn1cc(C(=O)c2ccn3c2CSC3c2ccc[n+]([O-])c2)c2ccc(OCc3ccccc3)cc21. The van der Waals surface area contributed by atoms with Crippen LogP contribution < -0.4 is 9.47 Å². The molecule has 1 atom stereocenters. The Hall–Kier alpha value is -3.97. The molecule has 1 aliphatic heterocycles. The fraction of sp³-hybridized carbons (Fsp3) is 0.143. The van der Waals surface area contributed by atoms with Crippen LogP contribution in [0.15, 0.2) is 91.5 Å². The summed E-state index contributed by atoms with van der Waals surface area (Å²) >= 11 is 1.72. The first-order valence-electron chi connectivity index (χ1n) is 11.4. The average Bonchev–Trinajstić information content (AvgIpc) is 3.57. The number of pyridine rings is 1. The van der Waals surface area contributed by atoms with Gasteiger partial charge in [-0.2, -0.15) is 4.73 Å². The second kappa shape index (κ2) is 8.67. The minimum absolute atomic E-state index is 0.00945. The standard InChI is InChI=1S/C28H23N3O3S/c1-29-16-24(22-10-9-21(14-25(22)29)34-17-19-6-3-2-4-7-19)27(32)23-11-13-31-26(23)18-35-28(31)20-8-5-12-30(33)15-20/h2-16,28H,17-18H2,1H3. The molecular weight excluding hydrogens is 458 g/mol. The molecule has 4 heterocycles. The van der Waals surface area contributed by atoms with Gasteiger partial charge in [0.25, 0.3) is 0 Å². The summed E-state index contributed by atoms with van der Waals surface area (Å²) in [4.78, 5) is 13.7. The van der Waals surface area contributed by atoms with E-state index in [0.29, 0.717) is 23.5 Å². The summed E-state index contributed by atoms with van der Waals surface area (Å²) in [5, 5.41) is 12.6. The van der Waals surface area contributed by atoms with E-state index in [1.165, 1.54) is 6.20 Å². The second-order valence-corrected chi connectivity index (χ2v) is 9.75. The second-order valence-electron chi connectivity index (χ2n) is 8.68. The summed E-state index contributed by atoms with van der Waals surface area (Å²) in [7, 11) is 1.95. The fourth-order valence-electron chi connectivity index (χ4n) is 4.69. The molecule has 0 amide bonds. The summed E-state index contributed by atoms with van der Waals surface area (Å²) in [6, 6.07) is 21.5. The third-order valence-corrected chi connectivity index (χ3v) is 7.69. The summed E-state index contributed by atoms with van der Waals surface area (Å²) in [5.74, 6) is 1.49. The Labute approximate surface area is 207 Å². The monoisotopic (exact) mass is 481 g/mol. The number of aromatic nitrogens is 3. The molecule has 2 aromatic carbocycles. The van der Waals surface area contributed by atoms with Crippen molar-refractivity contribution >= 4 is 28.4 Å². The Morgan fingerprint density at radius 2 is 1.97 bits per heavy atom. The van der Waals surface area contributed by atoms with Crippen molar-refractivity contribution in [3.63, 3.8) is 0 Å². The maximum Gasteiger partial charge on any atom is 0.197 e. The maximum atomic E-state index is 13.7. The zero-order chi connectivity index (χ0) is 23.9. The highest BCUT2D eigenvalue weighted by Crippen LogP contribution is 2.42.